The van der Waals surface area contributed by atoms with Gasteiger partial charge in [-0.25, -0.2) is 0 Å². The van der Waals surface area contributed by atoms with E-state index in [4.69, 9.17) is 0 Å². The third-order valence-corrected chi connectivity index (χ3v) is 3.75. The number of rotatable bonds is 3. The van der Waals surface area contributed by atoms with Crippen LogP contribution in [0.15, 0.2) is 35.2 Å². The van der Waals surface area contributed by atoms with Gasteiger partial charge in [-0.3, -0.25) is 0 Å². The second-order valence-electron chi connectivity index (χ2n) is 3.93. The van der Waals surface area contributed by atoms with Crippen molar-refractivity contribution in [2.24, 2.45) is 0 Å². The van der Waals surface area contributed by atoms with Gasteiger partial charge in [0.05, 0.1) is 0 Å². The van der Waals surface area contributed by atoms with Crippen molar-refractivity contribution in [3.8, 4) is 0 Å². The minimum atomic E-state index is 0. The summed E-state index contributed by atoms with van der Waals surface area (Å²) in [6, 6.07) is 10.6. The van der Waals surface area contributed by atoms with Crippen LogP contribution in [0.1, 0.15) is 27.7 Å². The van der Waals surface area contributed by atoms with E-state index in [0.717, 1.165) is 0 Å². The first-order chi connectivity index (χ1) is 6.02. The molecular formula is C12H17SY+2. The van der Waals surface area contributed by atoms with Crippen LogP contribution in [0.5, 0.6) is 0 Å². The van der Waals surface area contributed by atoms with Gasteiger partial charge >= 0.3 is 32.7 Å². The number of thioether (sulfide) groups is 1. The molecule has 0 radical (unpaired) electrons. The molecule has 1 aromatic carbocycles. The van der Waals surface area contributed by atoms with Crippen LogP contribution in [0.3, 0.4) is 0 Å². The summed E-state index contributed by atoms with van der Waals surface area (Å²) in [5.41, 5.74) is 0. The van der Waals surface area contributed by atoms with Gasteiger partial charge in [-0.05, 0) is 12.1 Å². The fourth-order valence-electron chi connectivity index (χ4n) is 0.885. The van der Waals surface area contributed by atoms with Crippen LogP contribution in [0.25, 0.3) is 0 Å². The normalized spacial score (nSPS) is 11.2. The maximum atomic E-state index is 2.26. The van der Waals surface area contributed by atoms with E-state index in [1.54, 1.807) is 0 Å². The van der Waals surface area contributed by atoms with E-state index in [-0.39, 0.29) is 37.5 Å². The minimum absolute atomic E-state index is 0. The molecule has 0 nitrogen and oxygen atoms in total. The molecule has 0 atom stereocenters. The van der Waals surface area contributed by atoms with Crippen LogP contribution < -0.4 is 0 Å². The Bertz CT molecular complexity index is 254. The molecule has 0 aliphatic carbocycles. The molecule has 1 rings (SSSR count). The predicted molar refractivity (Wildman–Crippen MR) is 61.0 cm³/mol. The first kappa shape index (κ1) is 14.7. The standard InChI is InChI=1S/C12H17S.Y/c1-10(2)12(3,4)13-11-8-6-5-7-9-11;/h5-9H,1-4H3;/q-1;+3. The topological polar surface area (TPSA) is 0 Å². The smallest absolute Gasteiger partial charge is 0.304 e. The van der Waals surface area contributed by atoms with Crippen molar-refractivity contribution in [3.63, 3.8) is 0 Å². The molecule has 14 heavy (non-hydrogen) atoms. The zero-order valence-electron chi connectivity index (χ0n) is 9.37. The van der Waals surface area contributed by atoms with Gasteiger partial charge in [-0.2, -0.15) is 25.6 Å². The second kappa shape index (κ2) is 6.30. The van der Waals surface area contributed by atoms with Gasteiger partial charge in [-0.1, -0.05) is 32.0 Å². The fraction of sp³-hybridized carbons (Fsp3) is 0.417. The van der Waals surface area contributed by atoms with Crippen molar-refractivity contribution in [3.05, 3.63) is 36.2 Å². The Morgan fingerprint density at radius 1 is 1.07 bits per heavy atom. The van der Waals surface area contributed by atoms with Crippen LogP contribution in [0.2, 0.25) is 0 Å². The number of benzene rings is 1. The van der Waals surface area contributed by atoms with Crippen molar-refractivity contribution in [2.45, 2.75) is 37.3 Å². The molecule has 0 aliphatic rings. The van der Waals surface area contributed by atoms with Gasteiger partial charge in [0.1, 0.15) is 0 Å². The largest absolute Gasteiger partial charge is 3.00 e. The summed E-state index contributed by atoms with van der Waals surface area (Å²) in [7, 11) is 0. The summed E-state index contributed by atoms with van der Waals surface area (Å²) in [5.74, 6) is 1.46. The molecule has 2 heteroatoms. The zero-order chi connectivity index (χ0) is 9.90. The number of hydrogen-bond acceptors (Lipinski definition) is 1. The average molecular weight is 282 g/mol. The Morgan fingerprint density at radius 3 is 2.00 bits per heavy atom. The maximum absolute atomic E-state index is 2.26. The molecule has 0 fully saturated rings. The average Bonchev–Trinajstić information content (AvgIpc) is 2.05. The SMILES string of the molecule is C[C-](C)C(C)(C)Sc1ccccc1.[Y+3]. The van der Waals surface area contributed by atoms with Crippen molar-refractivity contribution in [1.29, 1.82) is 0 Å². The Balaban J connectivity index is 0.00000169. The van der Waals surface area contributed by atoms with E-state index in [1.165, 1.54) is 10.8 Å². The van der Waals surface area contributed by atoms with E-state index in [2.05, 4.69) is 58.0 Å². The third kappa shape index (κ3) is 4.46. The van der Waals surface area contributed by atoms with Crippen molar-refractivity contribution in [2.75, 3.05) is 0 Å². The van der Waals surface area contributed by atoms with Crippen molar-refractivity contribution < 1.29 is 32.7 Å². The van der Waals surface area contributed by atoms with Crippen LogP contribution in [-0.2, 0) is 32.7 Å². The van der Waals surface area contributed by atoms with Crippen LogP contribution in [0.4, 0.5) is 0 Å². The molecule has 1 aromatic rings. The summed E-state index contributed by atoms with van der Waals surface area (Å²) in [5, 5.41) is 0. The molecule has 0 N–H and O–H groups in total. The monoisotopic (exact) mass is 282 g/mol. The summed E-state index contributed by atoms with van der Waals surface area (Å²) >= 11 is 1.92. The Kier molecular flexibility index (Phi) is 6.60. The minimum Gasteiger partial charge on any atom is -0.304 e. The van der Waals surface area contributed by atoms with E-state index in [1.807, 2.05) is 11.8 Å². The summed E-state index contributed by atoms with van der Waals surface area (Å²) in [4.78, 5) is 1.34. The van der Waals surface area contributed by atoms with Gasteiger partial charge in [0.25, 0.3) is 0 Å². The van der Waals surface area contributed by atoms with E-state index in [9.17, 15) is 0 Å². The molecule has 0 aliphatic heterocycles. The molecule has 0 aromatic heterocycles. The Morgan fingerprint density at radius 2 is 1.57 bits per heavy atom. The molecule has 0 unspecified atom stereocenters. The molecule has 0 bridgehead atoms. The van der Waals surface area contributed by atoms with E-state index in [0.29, 0.717) is 0 Å². The molecule has 0 saturated heterocycles. The van der Waals surface area contributed by atoms with Crippen LogP contribution >= 0.6 is 11.8 Å². The third-order valence-electron chi connectivity index (χ3n) is 2.32. The second-order valence-corrected chi connectivity index (χ2v) is 5.62. The molecule has 0 amide bonds. The zero-order valence-corrected chi connectivity index (χ0v) is 13.0. The van der Waals surface area contributed by atoms with Crippen molar-refractivity contribution in [1.82, 2.24) is 0 Å². The summed E-state index contributed by atoms with van der Waals surface area (Å²) in [6.07, 6.45) is 0. The van der Waals surface area contributed by atoms with Crippen LogP contribution in [-0.4, -0.2) is 4.75 Å². The van der Waals surface area contributed by atoms with E-state index < -0.39 is 0 Å². The fourth-order valence-corrected chi connectivity index (χ4v) is 1.97. The van der Waals surface area contributed by atoms with Gasteiger partial charge < -0.3 is 5.92 Å². The van der Waals surface area contributed by atoms with Gasteiger partial charge in [-0.15, -0.1) is 4.75 Å². The van der Waals surface area contributed by atoms with Gasteiger partial charge in [0, 0.05) is 4.90 Å². The number of hydrogen-bond donors (Lipinski definition) is 0. The van der Waals surface area contributed by atoms with Gasteiger partial charge in [0.15, 0.2) is 0 Å². The summed E-state index contributed by atoms with van der Waals surface area (Å²) in [6.45, 7) is 8.91. The Labute approximate surface area is 117 Å². The molecule has 0 heterocycles. The molecule has 0 spiro atoms. The first-order valence-corrected chi connectivity index (χ1v) is 5.39. The Hall–Kier alpha value is 0.674. The predicted octanol–water partition coefficient (Wildman–Crippen LogP) is 4.17. The van der Waals surface area contributed by atoms with E-state index >= 15 is 0 Å². The molecule has 72 valence electrons. The van der Waals surface area contributed by atoms with Crippen molar-refractivity contribution >= 4 is 11.8 Å². The molecule has 0 saturated carbocycles. The van der Waals surface area contributed by atoms with Gasteiger partial charge in [0.2, 0.25) is 0 Å². The quantitative estimate of drug-likeness (QED) is 0.592. The van der Waals surface area contributed by atoms with Crippen LogP contribution in [0, 0.1) is 5.92 Å². The first-order valence-electron chi connectivity index (χ1n) is 4.57. The molecular weight excluding hydrogens is 265 g/mol. The summed E-state index contributed by atoms with van der Waals surface area (Å²) < 4.78 is 0.237. The maximum Gasteiger partial charge on any atom is 3.00 e.